The zero-order valence-corrected chi connectivity index (χ0v) is 33.3. The Bertz CT molecular complexity index is 3640. The van der Waals surface area contributed by atoms with Crippen molar-refractivity contribution >= 4 is 43.6 Å². The van der Waals surface area contributed by atoms with E-state index in [1.807, 2.05) is 94.1 Å². The predicted molar refractivity (Wildman–Crippen MR) is 240 cm³/mol. The third kappa shape index (κ3) is 6.17. The van der Waals surface area contributed by atoms with Gasteiger partial charge in [0.05, 0.1) is 85.5 Å². The molecule has 0 aliphatic heterocycles. The van der Waals surface area contributed by atoms with E-state index >= 15 is 0 Å². The van der Waals surface area contributed by atoms with Gasteiger partial charge in [-0.15, -0.1) is 0 Å². The van der Waals surface area contributed by atoms with E-state index in [4.69, 9.17) is 0 Å². The first-order valence-electron chi connectivity index (χ1n) is 19.9. The molecule has 0 N–H and O–H groups in total. The quantitative estimate of drug-likeness (QED) is 0.171. The van der Waals surface area contributed by atoms with Crippen LogP contribution in [-0.4, -0.2) is 9.13 Å². The number of hydrogen-bond acceptors (Lipinski definition) is 5. The Morgan fingerprint density at radius 3 is 1.31 bits per heavy atom. The van der Waals surface area contributed by atoms with Crippen molar-refractivity contribution in [3.05, 3.63) is 191 Å². The number of fused-ring (bicyclic) bond motifs is 6. The van der Waals surface area contributed by atoms with E-state index in [0.717, 1.165) is 55.8 Å². The molecule has 2 aromatic heterocycles. The zero-order valence-electron chi connectivity index (χ0n) is 33.3. The van der Waals surface area contributed by atoms with Crippen LogP contribution in [0.15, 0.2) is 158 Å². The summed E-state index contributed by atoms with van der Waals surface area (Å²) in [5.41, 5.74) is 8.10. The van der Waals surface area contributed by atoms with Gasteiger partial charge in [-0.2, -0.15) is 39.5 Å². The molecule has 0 aliphatic carbocycles. The third-order valence-corrected chi connectivity index (χ3v) is 11.7. The highest BCUT2D eigenvalue weighted by molar-refractivity contribution is 6.12. The van der Waals surface area contributed by atoms with Crippen molar-refractivity contribution in [3.8, 4) is 75.1 Å². The Kier molecular flexibility index (Phi) is 9.06. The molecular formula is C54H26F3N7. The first-order chi connectivity index (χ1) is 31.1. The van der Waals surface area contributed by atoms with Crippen LogP contribution in [0.5, 0.6) is 0 Å². The minimum Gasteiger partial charge on any atom is -0.308 e. The van der Waals surface area contributed by atoms with E-state index in [1.54, 1.807) is 54.6 Å². The van der Waals surface area contributed by atoms with Crippen molar-refractivity contribution in [2.75, 3.05) is 0 Å². The second kappa shape index (κ2) is 14.9. The van der Waals surface area contributed by atoms with Crippen LogP contribution in [0.25, 0.3) is 88.4 Å². The van der Waals surface area contributed by atoms with Gasteiger partial charge in [0.1, 0.15) is 11.6 Å². The Hall–Kier alpha value is -9.40. The maximum atomic E-state index is 14.3. The van der Waals surface area contributed by atoms with Crippen molar-refractivity contribution in [1.82, 2.24) is 9.13 Å². The minimum absolute atomic E-state index is 0.256. The number of halogens is 3. The van der Waals surface area contributed by atoms with Gasteiger partial charge in [0.25, 0.3) is 0 Å². The van der Waals surface area contributed by atoms with Gasteiger partial charge in [0.15, 0.2) is 0 Å². The molecule has 0 unspecified atom stereocenters. The lowest BCUT2D eigenvalue weighted by atomic mass is 9.96. The fourth-order valence-corrected chi connectivity index (χ4v) is 8.84. The van der Waals surface area contributed by atoms with Crippen LogP contribution in [0.1, 0.15) is 33.4 Å². The van der Waals surface area contributed by atoms with Gasteiger partial charge in [0, 0.05) is 21.5 Å². The number of nitriles is 5. The molecule has 7 nitrogen and oxygen atoms in total. The average Bonchev–Trinajstić information content (AvgIpc) is 3.84. The number of alkyl halides is 3. The molecule has 0 saturated heterocycles. The molecule has 0 radical (unpaired) electrons. The van der Waals surface area contributed by atoms with E-state index in [0.29, 0.717) is 66.9 Å². The van der Waals surface area contributed by atoms with Crippen LogP contribution in [0.3, 0.4) is 0 Å². The number of para-hydroxylation sites is 2. The lowest BCUT2D eigenvalue weighted by Crippen LogP contribution is -2.06. The van der Waals surface area contributed by atoms with E-state index in [9.17, 15) is 39.5 Å². The number of hydrogen-bond donors (Lipinski definition) is 0. The van der Waals surface area contributed by atoms with Crippen LogP contribution >= 0.6 is 0 Å². The lowest BCUT2D eigenvalue weighted by Gasteiger charge is -2.19. The summed E-state index contributed by atoms with van der Waals surface area (Å²) in [6.45, 7) is 0. The Labute approximate surface area is 363 Å². The monoisotopic (exact) mass is 829 g/mol. The first-order valence-corrected chi connectivity index (χ1v) is 19.9. The normalized spacial score (nSPS) is 11.3. The molecule has 64 heavy (non-hydrogen) atoms. The second-order valence-corrected chi connectivity index (χ2v) is 15.2. The maximum absolute atomic E-state index is 14.3. The van der Waals surface area contributed by atoms with Crippen molar-refractivity contribution in [1.29, 1.82) is 26.3 Å². The van der Waals surface area contributed by atoms with E-state index in [2.05, 4.69) is 30.3 Å². The topological polar surface area (TPSA) is 129 Å². The summed E-state index contributed by atoms with van der Waals surface area (Å²) in [5.74, 6) is 0. The van der Waals surface area contributed by atoms with Crippen molar-refractivity contribution in [2.24, 2.45) is 0 Å². The summed E-state index contributed by atoms with van der Waals surface area (Å²) in [6, 6.07) is 56.5. The predicted octanol–water partition coefficient (Wildman–Crippen LogP) is 13.3. The van der Waals surface area contributed by atoms with Gasteiger partial charge >= 0.3 is 6.18 Å². The summed E-state index contributed by atoms with van der Waals surface area (Å²) < 4.78 is 46.7. The Morgan fingerprint density at radius 1 is 0.375 bits per heavy atom. The highest BCUT2D eigenvalue weighted by atomic mass is 19.4. The molecule has 0 saturated carbocycles. The van der Waals surface area contributed by atoms with Crippen molar-refractivity contribution in [2.45, 2.75) is 6.18 Å². The summed E-state index contributed by atoms with van der Waals surface area (Å²) in [7, 11) is 0. The highest BCUT2D eigenvalue weighted by Crippen LogP contribution is 2.43. The summed E-state index contributed by atoms with van der Waals surface area (Å²) >= 11 is 0. The molecule has 0 spiro atoms. The fourth-order valence-electron chi connectivity index (χ4n) is 8.84. The van der Waals surface area contributed by atoms with Gasteiger partial charge in [-0.25, -0.2) is 0 Å². The second-order valence-electron chi connectivity index (χ2n) is 15.2. The molecule has 10 heteroatoms. The van der Waals surface area contributed by atoms with Crippen LogP contribution in [0.4, 0.5) is 13.2 Å². The molecule has 0 bridgehead atoms. The molecule has 0 atom stereocenters. The molecule has 10 rings (SSSR count). The standard InChI is InChI=1S/C54H26F3N7/c55-54(56,57)40-7-5-6-34(22-40)37-25-52(63-48-10-3-1-8-43(48)45-23-35(14-18-50(45)63)41-16-12-32(27-58)20-38(41)29-60)47(31-62)53(26-37)64-49-11-4-2-9-44(49)46-24-36(15-19-51(46)64)42-17-13-33(28-59)21-39(42)30-61/h1-26H. The SMILES string of the molecule is N#Cc1ccc(-c2ccc3c(c2)c2ccccc2n3-c2cc(-c3cccc(C(F)(F)F)c3)cc(-n3c4ccccc4c4cc(-c5ccc(C#N)cc5C#N)ccc43)c2C#N)c(C#N)c1. The number of nitrogens with zero attached hydrogens (tertiary/aromatic N) is 7. The third-order valence-electron chi connectivity index (χ3n) is 11.7. The maximum Gasteiger partial charge on any atom is 0.416 e. The molecule has 8 aromatic carbocycles. The van der Waals surface area contributed by atoms with Gasteiger partial charge in [-0.05, 0) is 118 Å². The Morgan fingerprint density at radius 2 is 0.859 bits per heavy atom. The summed E-state index contributed by atoms with van der Waals surface area (Å²) in [6.07, 6.45) is -4.61. The molecule has 298 valence electrons. The van der Waals surface area contributed by atoms with Gasteiger partial charge in [-0.3, -0.25) is 0 Å². The summed E-state index contributed by atoms with van der Waals surface area (Å²) in [4.78, 5) is 0. The van der Waals surface area contributed by atoms with Gasteiger partial charge in [0.2, 0.25) is 0 Å². The van der Waals surface area contributed by atoms with E-state index in [-0.39, 0.29) is 5.56 Å². The van der Waals surface area contributed by atoms with Gasteiger partial charge < -0.3 is 9.13 Å². The van der Waals surface area contributed by atoms with Crippen LogP contribution in [0.2, 0.25) is 0 Å². The average molecular weight is 830 g/mol. The van der Waals surface area contributed by atoms with Crippen LogP contribution < -0.4 is 0 Å². The minimum atomic E-state index is -4.61. The molecule has 0 aliphatic rings. The van der Waals surface area contributed by atoms with E-state index < -0.39 is 11.7 Å². The molecule has 0 amide bonds. The Balaban J connectivity index is 1.28. The molecular weight excluding hydrogens is 804 g/mol. The smallest absolute Gasteiger partial charge is 0.308 e. The molecule has 0 fully saturated rings. The van der Waals surface area contributed by atoms with Crippen molar-refractivity contribution in [3.63, 3.8) is 0 Å². The fraction of sp³-hybridized carbons (Fsp3) is 0.0185. The van der Waals surface area contributed by atoms with Crippen LogP contribution in [0, 0.1) is 56.7 Å². The number of benzene rings is 8. The van der Waals surface area contributed by atoms with E-state index in [1.165, 1.54) is 6.07 Å². The largest absolute Gasteiger partial charge is 0.416 e. The summed E-state index contributed by atoms with van der Waals surface area (Å²) in [5, 5.41) is 53.7. The number of rotatable bonds is 5. The van der Waals surface area contributed by atoms with Crippen molar-refractivity contribution < 1.29 is 13.2 Å². The number of aromatic nitrogens is 2. The molecule has 2 heterocycles. The highest BCUT2D eigenvalue weighted by Gasteiger charge is 2.31. The molecule has 10 aromatic rings. The van der Waals surface area contributed by atoms with Gasteiger partial charge in [-0.1, -0.05) is 72.8 Å². The van der Waals surface area contributed by atoms with Crippen LogP contribution in [-0.2, 0) is 6.18 Å². The lowest BCUT2D eigenvalue weighted by molar-refractivity contribution is -0.137. The first kappa shape index (κ1) is 38.8. The zero-order chi connectivity index (χ0) is 44.3.